The van der Waals surface area contributed by atoms with Gasteiger partial charge in [0, 0.05) is 31.1 Å². The monoisotopic (exact) mass is 453 g/mol. The van der Waals surface area contributed by atoms with Crippen LogP contribution >= 0.6 is 0 Å². The smallest absolute Gasteiger partial charge is 0.332 e. The maximum Gasteiger partial charge on any atom is 0.332 e. The molecule has 172 valence electrons. The number of aliphatic carboxylic acids is 2. The summed E-state index contributed by atoms with van der Waals surface area (Å²) in [4.78, 5) is 38.0. The van der Waals surface area contributed by atoms with Gasteiger partial charge >= 0.3 is 11.9 Å². The minimum Gasteiger partial charge on any atom is -0.478 e. The molecule has 1 aliphatic heterocycles. The summed E-state index contributed by atoms with van der Waals surface area (Å²) in [6.45, 7) is 1.56. The van der Waals surface area contributed by atoms with Crippen molar-refractivity contribution < 1.29 is 33.7 Å². The van der Waals surface area contributed by atoms with E-state index in [4.69, 9.17) is 9.84 Å². The first-order valence-corrected chi connectivity index (χ1v) is 10.5. The highest BCUT2D eigenvalue weighted by Gasteiger charge is 2.30. The molecule has 1 aliphatic rings. The maximum atomic E-state index is 13.3. The number of rotatable bonds is 10. The van der Waals surface area contributed by atoms with Gasteiger partial charge in [-0.05, 0) is 55.4 Å². The fourth-order valence-electron chi connectivity index (χ4n) is 3.63. The molecule has 3 rings (SSSR count). The Morgan fingerprint density at radius 1 is 1.06 bits per heavy atom. The van der Waals surface area contributed by atoms with Crippen molar-refractivity contribution in [2.24, 2.45) is 5.92 Å². The Kier molecular flexibility index (Phi) is 8.10. The number of carbonyl (C=O) groups excluding carboxylic acids is 1. The lowest BCUT2D eigenvalue weighted by Gasteiger charge is -2.27. The van der Waals surface area contributed by atoms with Crippen LogP contribution in [-0.4, -0.2) is 52.5 Å². The Labute approximate surface area is 190 Å². The average Bonchev–Trinajstić information content (AvgIpc) is 2.80. The minimum absolute atomic E-state index is 0.102. The molecule has 0 aliphatic carbocycles. The summed E-state index contributed by atoms with van der Waals surface area (Å²) in [5.74, 6) is -3.64. The molecule has 0 spiro atoms. The molecule has 1 heterocycles. The van der Waals surface area contributed by atoms with Gasteiger partial charge in [-0.2, -0.15) is 0 Å². The highest BCUT2D eigenvalue weighted by molar-refractivity contribution is 6.07. The van der Waals surface area contributed by atoms with Crippen molar-refractivity contribution in [1.82, 2.24) is 4.90 Å². The van der Waals surface area contributed by atoms with Gasteiger partial charge in [0.05, 0.1) is 11.5 Å². The van der Waals surface area contributed by atoms with Crippen LogP contribution in [0.1, 0.15) is 23.2 Å². The number of carboxylic acid groups (broad SMARTS) is 2. The van der Waals surface area contributed by atoms with E-state index in [0.717, 1.165) is 23.6 Å². The zero-order valence-electron chi connectivity index (χ0n) is 17.8. The fraction of sp³-hybridized carbons (Fsp3) is 0.240. The van der Waals surface area contributed by atoms with Crippen LogP contribution in [-0.2, 0) is 9.59 Å². The first-order chi connectivity index (χ1) is 15.8. The number of benzene rings is 2. The molecule has 0 bridgehead atoms. The zero-order chi connectivity index (χ0) is 23.8. The van der Waals surface area contributed by atoms with Crippen LogP contribution in [0.25, 0.3) is 0 Å². The molecule has 1 unspecified atom stereocenters. The molecular formula is C25H24FNO6. The summed E-state index contributed by atoms with van der Waals surface area (Å²) in [7, 11) is 0. The SMILES string of the molecule is O=C(O)/C=C(/C(=O)O)C(CCN1CC=C(Oc2ccccc2)CC1)C(=O)c1ccc(F)cc1. The van der Waals surface area contributed by atoms with Crippen LogP contribution < -0.4 is 4.74 Å². The lowest BCUT2D eigenvalue weighted by Crippen LogP contribution is -2.34. The van der Waals surface area contributed by atoms with Gasteiger partial charge in [-0.25, -0.2) is 14.0 Å². The summed E-state index contributed by atoms with van der Waals surface area (Å²) in [6, 6.07) is 14.1. The highest BCUT2D eigenvalue weighted by atomic mass is 19.1. The van der Waals surface area contributed by atoms with Crippen LogP contribution in [0.15, 0.2) is 78.1 Å². The number of ether oxygens (including phenoxy) is 1. The first-order valence-electron chi connectivity index (χ1n) is 10.5. The number of Topliss-reactive ketones (excluding diaryl/α,β-unsaturated/α-hetero) is 1. The predicted octanol–water partition coefficient (Wildman–Crippen LogP) is 3.78. The molecule has 0 saturated carbocycles. The third kappa shape index (κ3) is 6.85. The fourth-order valence-corrected chi connectivity index (χ4v) is 3.63. The Morgan fingerprint density at radius 3 is 2.33 bits per heavy atom. The topological polar surface area (TPSA) is 104 Å². The van der Waals surface area contributed by atoms with E-state index in [-0.39, 0.29) is 12.0 Å². The predicted molar refractivity (Wildman–Crippen MR) is 118 cm³/mol. The molecule has 0 radical (unpaired) electrons. The Balaban J connectivity index is 1.71. The van der Waals surface area contributed by atoms with Gasteiger partial charge in [0.1, 0.15) is 17.3 Å². The van der Waals surface area contributed by atoms with Crippen LogP contribution in [0.4, 0.5) is 4.39 Å². The molecule has 8 heteroatoms. The number of hydrogen-bond donors (Lipinski definition) is 2. The maximum absolute atomic E-state index is 13.3. The lowest BCUT2D eigenvalue weighted by molar-refractivity contribution is -0.135. The van der Waals surface area contributed by atoms with Crippen LogP contribution in [0.2, 0.25) is 0 Å². The third-order valence-corrected chi connectivity index (χ3v) is 5.32. The highest BCUT2D eigenvalue weighted by Crippen LogP contribution is 2.24. The van der Waals surface area contributed by atoms with Crippen molar-refractivity contribution in [1.29, 1.82) is 0 Å². The van der Waals surface area contributed by atoms with E-state index in [1.54, 1.807) is 0 Å². The summed E-state index contributed by atoms with van der Waals surface area (Å²) in [5.41, 5.74) is -0.381. The molecule has 0 amide bonds. The Hall–Kier alpha value is -3.78. The van der Waals surface area contributed by atoms with E-state index in [0.29, 0.717) is 32.1 Å². The van der Waals surface area contributed by atoms with Gasteiger partial charge in [-0.15, -0.1) is 0 Å². The van der Waals surface area contributed by atoms with Gasteiger partial charge in [-0.1, -0.05) is 18.2 Å². The van der Waals surface area contributed by atoms with Gasteiger partial charge in [0.15, 0.2) is 5.78 Å². The van der Waals surface area contributed by atoms with Gasteiger partial charge in [0.25, 0.3) is 0 Å². The number of carboxylic acids is 2. The average molecular weight is 453 g/mol. The first kappa shape index (κ1) is 23.9. The van der Waals surface area contributed by atoms with Crippen LogP contribution in [0.5, 0.6) is 5.75 Å². The molecule has 33 heavy (non-hydrogen) atoms. The van der Waals surface area contributed by atoms with E-state index in [1.807, 2.05) is 41.3 Å². The molecule has 0 fully saturated rings. The summed E-state index contributed by atoms with van der Waals surface area (Å²) >= 11 is 0. The second-order valence-electron chi connectivity index (χ2n) is 7.59. The van der Waals surface area contributed by atoms with Crippen molar-refractivity contribution in [3.63, 3.8) is 0 Å². The second kappa shape index (κ2) is 11.2. The number of hydrogen-bond acceptors (Lipinski definition) is 5. The van der Waals surface area contributed by atoms with Gasteiger partial charge in [-0.3, -0.25) is 9.69 Å². The molecule has 2 aromatic rings. The van der Waals surface area contributed by atoms with Crippen molar-refractivity contribution in [2.45, 2.75) is 12.8 Å². The minimum atomic E-state index is -1.48. The Morgan fingerprint density at radius 2 is 1.76 bits per heavy atom. The number of ketones is 1. The van der Waals surface area contributed by atoms with E-state index in [2.05, 4.69) is 0 Å². The molecule has 2 N–H and O–H groups in total. The molecule has 1 atom stereocenters. The van der Waals surface area contributed by atoms with Crippen molar-refractivity contribution in [2.75, 3.05) is 19.6 Å². The van der Waals surface area contributed by atoms with E-state index >= 15 is 0 Å². The summed E-state index contributed by atoms with van der Waals surface area (Å²) in [5, 5.41) is 18.7. The van der Waals surface area contributed by atoms with Gasteiger partial charge < -0.3 is 14.9 Å². The molecule has 2 aromatic carbocycles. The quantitative estimate of drug-likeness (QED) is 0.417. The lowest BCUT2D eigenvalue weighted by atomic mass is 9.87. The summed E-state index contributed by atoms with van der Waals surface area (Å²) in [6.07, 6.45) is 3.22. The van der Waals surface area contributed by atoms with E-state index < -0.39 is 35.0 Å². The summed E-state index contributed by atoms with van der Waals surface area (Å²) < 4.78 is 19.1. The standard InChI is InChI=1S/C25H24FNO6/c26-18-8-6-17(7-9-18)24(30)21(22(25(31)32)16-23(28)29)12-15-27-13-10-20(11-14-27)33-19-4-2-1-3-5-19/h1-10,16,21H,11-15H2,(H,28,29)(H,31,32)/b22-16+. The third-order valence-electron chi connectivity index (χ3n) is 5.32. The number of para-hydroxylation sites is 1. The van der Waals surface area contributed by atoms with Crippen molar-refractivity contribution in [3.8, 4) is 5.75 Å². The van der Waals surface area contributed by atoms with Crippen LogP contribution in [0, 0.1) is 11.7 Å². The number of halogens is 1. The molecule has 7 nitrogen and oxygen atoms in total. The van der Waals surface area contributed by atoms with Gasteiger partial charge in [0.2, 0.25) is 0 Å². The zero-order valence-corrected chi connectivity index (χ0v) is 17.8. The molecular weight excluding hydrogens is 429 g/mol. The van der Waals surface area contributed by atoms with Crippen molar-refractivity contribution >= 4 is 17.7 Å². The van der Waals surface area contributed by atoms with E-state index in [9.17, 15) is 23.9 Å². The Bertz CT molecular complexity index is 1060. The largest absolute Gasteiger partial charge is 0.478 e. The number of carbonyl (C=O) groups is 3. The second-order valence-corrected chi connectivity index (χ2v) is 7.59. The molecule has 0 saturated heterocycles. The molecule has 0 aromatic heterocycles. The van der Waals surface area contributed by atoms with Crippen molar-refractivity contribution in [3.05, 3.63) is 89.5 Å². The van der Waals surface area contributed by atoms with E-state index in [1.165, 1.54) is 12.1 Å². The number of nitrogens with zero attached hydrogens (tertiary/aromatic N) is 1. The van der Waals surface area contributed by atoms with Crippen LogP contribution in [0.3, 0.4) is 0 Å². The normalized spacial score (nSPS) is 15.4.